The molecule has 3 rings (SSSR count). The predicted octanol–water partition coefficient (Wildman–Crippen LogP) is 3.34. The SMILES string of the molecule is CCc1cc(-c2ccc(-c3ccc(C(=O)O)cc3)[nH]2)nn1C. The lowest BCUT2D eigenvalue weighted by molar-refractivity contribution is 0.0697. The van der Waals surface area contributed by atoms with Crippen LogP contribution >= 0.6 is 0 Å². The Morgan fingerprint density at radius 2 is 1.86 bits per heavy atom. The molecule has 112 valence electrons. The van der Waals surface area contributed by atoms with Crippen molar-refractivity contribution >= 4 is 5.97 Å². The summed E-state index contributed by atoms with van der Waals surface area (Å²) in [7, 11) is 1.94. The molecule has 2 N–H and O–H groups in total. The molecule has 0 bridgehead atoms. The Labute approximate surface area is 128 Å². The summed E-state index contributed by atoms with van der Waals surface area (Å²) in [4.78, 5) is 14.2. The van der Waals surface area contributed by atoms with Gasteiger partial charge in [-0.2, -0.15) is 5.10 Å². The van der Waals surface area contributed by atoms with E-state index in [4.69, 9.17) is 5.11 Å². The van der Waals surface area contributed by atoms with Crippen LogP contribution in [-0.4, -0.2) is 25.8 Å². The highest BCUT2D eigenvalue weighted by Gasteiger charge is 2.09. The summed E-state index contributed by atoms with van der Waals surface area (Å²) in [6, 6.07) is 12.9. The van der Waals surface area contributed by atoms with Crippen molar-refractivity contribution in [1.29, 1.82) is 0 Å². The largest absolute Gasteiger partial charge is 0.478 e. The van der Waals surface area contributed by atoms with Crippen LogP contribution in [0, 0.1) is 0 Å². The van der Waals surface area contributed by atoms with Crippen LogP contribution in [0.25, 0.3) is 22.6 Å². The summed E-state index contributed by atoms with van der Waals surface area (Å²) in [6.07, 6.45) is 0.938. The number of nitrogens with zero attached hydrogens (tertiary/aromatic N) is 2. The van der Waals surface area contributed by atoms with Crippen LogP contribution in [0.4, 0.5) is 0 Å². The summed E-state index contributed by atoms with van der Waals surface area (Å²) in [5, 5.41) is 13.4. The third-order valence-electron chi connectivity index (χ3n) is 3.74. The summed E-state index contributed by atoms with van der Waals surface area (Å²) in [5.74, 6) is -0.917. The Kier molecular flexibility index (Phi) is 3.55. The molecule has 0 aliphatic carbocycles. The van der Waals surface area contributed by atoms with Gasteiger partial charge < -0.3 is 10.1 Å². The standard InChI is InChI=1S/C17H17N3O2/c1-3-13-10-16(19-20(13)2)15-9-8-14(18-15)11-4-6-12(7-5-11)17(21)22/h4-10,18H,3H2,1-2H3,(H,21,22). The lowest BCUT2D eigenvalue weighted by Crippen LogP contribution is -1.95. The average molecular weight is 295 g/mol. The predicted molar refractivity (Wildman–Crippen MR) is 84.8 cm³/mol. The van der Waals surface area contributed by atoms with E-state index >= 15 is 0 Å². The van der Waals surface area contributed by atoms with Crippen molar-refractivity contribution in [3.63, 3.8) is 0 Å². The van der Waals surface area contributed by atoms with E-state index in [1.807, 2.05) is 23.9 Å². The third-order valence-corrected chi connectivity index (χ3v) is 3.74. The number of rotatable bonds is 4. The number of hydrogen-bond donors (Lipinski definition) is 2. The quantitative estimate of drug-likeness (QED) is 0.775. The van der Waals surface area contributed by atoms with Crippen molar-refractivity contribution in [2.75, 3.05) is 0 Å². The molecular formula is C17H17N3O2. The molecule has 0 saturated heterocycles. The number of hydrogen-bond acceptors (Lipinski definition) is 2. The first-order valence-electron chi connectivity index (χ1n) is 7.14. The minimum Gasteiger partial charge on any atom is -0.478 e. The molecule has 2 heterocycles. The zero-order chi connectivity index (χ0) is 15.7. The number of carbonyl (C=O) groups is 1. The first-order chi connectivity index (χ1) is 10.6. The molecule has 0 spiro atoms. The summed E-state index contributed by atoms with van der Waals surface area (Å²) < 4.78 is 1.89. The molecule has 0 amide bonds. The van der Waals surface area contributed by atoms with Crippen LogP contribution in [0.3, 0.4) is 0 Å². The van der Waals surface area contributed by atoms with Crippen LogP contribution in [-0.2, 0) is 13.5 Å². The molecule has 22 heavy (non-hydrogen) atoms. The first-order valence-corrected chi connectivity index (χ1v) is 7.14. The smallest absolute Gasteiger partial charge is 0.335 e. The van der Waals surface area contributed by atoms with Gasteiger partial charge in [-0.05, 0) is 42.3 Å². The number of aromatic amines is 1. The number of aromatic carboxylic acids is 1. The minimum absolute atomic E-state index is 0.285. The van der Waals surface area contributed by atoms with Gasteiger partial charge in [0.2, 0.25) is 0 Å². The molecular weight excluding hydrogens is 278 g/mol. The summed E-state index contributed by atoms with van der Waals surface area (Å²) in [6.45, 7) is 2.10. The van der Waals surface area contributed by atoms with Gasteiger partial charge in [-0.15, -0.1) is 0 Å². The van der Waals surface area contributed by atoms with Gasteiger partial charge in [-0.25, -0.2) is 4.79 Å². The number of aromatic nitrogens is 3. The fraction of sp³-hybridized carbons (Fsp3) is 0.176. The number of carboxylic acids is 1. The first kappa shape index (κ1) is 14.1. The lowest BCUT2D eigenvalue weighted by Gasteiger charge is -1.99. The van der Waals surface area contributed by atoms with E-state index in [1.165, 1.54) is 5.69 Å². The molecule has 0 fully saturated rings. The Balaban J connectivity index is 1.91. The molecule has 2 aromatic heterocycles. The summed E-state index contributed by atoms with van der Waals surface area (Å²) in [5.41, 5.74) is 5.21. The maximum absolute atomic E-state index is 10.9. The molecule has 0 aliphatic heterocycles. The van der Waals surface area contributed by atoms with Crippen LogP contribution in [0.1, 0.15) is 23.0 Å². The van der Waals surface area contributed by atoms with Gasteiger partial charge >= 0.3 is 5.97 Å². The number of H-pyrrole nitrogens is 1. The zero-order valence-electron chi connectivity index (χ0n) is 12.5. The Hall–Kier alpha value is -2.82. The van der Waals surface area contributed by atoms with E-state index in [1.54, 1.807) is 24.3 Å². The van der Waals surface area contributed by atoms with Crippen LogP contribution in [0.5, 0.6) is 0 Å². The molecule has 0 aliphatic rings. The Bertz CT molecular complexity index is 813. The number of benzene rings is 1. The Morgan fingerprint density at radius 3 is 2.45 bits per heavy atom. The average Bonchev–Trinajstić information content (AvgIpc) is 3.13. The minimum atomic E-state index is -0.917. The zero-order valence-corrected chi connectivity index (χ0v) is 12.5. The topological polar surface area (TPSA) is 70.9 Å². The van der Waals surface area contributed by atoms with Crippen LogP contribution in [0.2, 0.25) is 0 Å². The molecule has 0 unspecified atom stereocenters. The van der Waals surface area contributed by atoms with E-state index in [0.717, 1.165) is 29.1 Å². The van der Waals surface area contributed by atoms with Gasteiger partial charge in [0, 0.05) is 18.4 Å². The van der Waals surface area contributed by atoms with Gasteiger partial charge in [0.15, 0.2) is 0 Å². The highest BCUT2D eigenvalue weighted by molar-refractivity contribution is 5.88. The number of nitrogens with one attached hydrogen (secondary N) is 1. The molecule has 3 aromatic rings. The van der Waals surface area contributed by atoms with Crippen molar-refractivity contribution in [2.45, 2.75) is 13.3 Å². The molecule has 0 radical (unpaired) electrons. The summed E-state index contributed by atoms with van der Waals surface area (Å²) >= 11 is 0. The second kappa shape index (κ2) is 5.52. The van der Waals surface area contributed by atoms with E-state index in [0.29, 0.717) is 0 Å². The maximum Gasteiger partial charge on any atom is 0.335 e. The van der Waals surface area contributed by atoms with Gasteiger partial charge in [0.25, 0.3) is 0 Å². The van der Waals surface area contributed by atoms with E-state index in [2.05, 4.69) is 23.1 Å². The molecule has 0 atom stereocenters. The van der Waals surface area contributed by atoms with Crippen LogP contribution < -0.4 is 0 Å². The highest BCUT2D eigenvalue weighted by Crippen LogP contribution is 2.24. The van der Waals surface area contributed by atoms with Crippen molar-refractivity contribution in [3.8, 4) is 22.6 Å². The van der Waals surface area contributed by atoms with E-state index in [9.17, 15) is 4.79 Å². The maximum atomic E-state index is 10.9. The fourth-order valence-electron chi connectivity index (χ4n) is 2.47. The van der Waals surface area contributed by atoms with Crippen molar-refractivity contribution in [1.82, 2.24) is 14.8 Å². The molecule has 5 nitrogen and oxygen atoms in total. The lowest BCUT2D eigenvalue weighted by atomic mass is 10.1. The number of aryl methyl sites for hydroxylation is 2. The van der Waals surface area contributed by atoms with Crippen molar-refractivity contribution in [2.24, 2.45) is 7.05 Å². The van der Waals surface area contributed by atoms with Crippen LogP contribution in [0.15, 0.2) is 42.5 Å². The van der Waals surface area contributed by atoms with Crippen molar-refractivity contribution in [3.05, 3.63) is 53.7 Å². The van der Waals surface area contributed by atoms with Gasteiger partial charge in [0.1, 0.15) is 5.69 Å². The second-order valence-electron chi connectivity index (χ2n) is 5.17. The highest BCUT2D eigenvalue weighted by atomic mass is 16.4. The molecule has 0 saturated carbocycles. The van der Waals surface area contributed by atoms with Gasteiger partial charge in [-0.1, -0.05) is 19.1 Å². The second-order valence-corrected chi connectivity index (χ2v) is 5.17. The Morgan fingerprint density at radius 1 is 1.18 bits per heavy atom. The number of carboxylic acid groups (broad SMARTS) is 1. The van der Waals surface area contributed by atoms with E-state index in [-0.39, 0.29) is 5.56 Å². The van der Waals surface area contributed by atoms with E-state index < -0.39 is 5.97 Å². The monoisotopic (exact) mass is 295 g/mol. The normalized spacial score (nSPS) is 10.8. The third kappa shape index (κ3) is 2.53. The fourth-order valence-corrected chi connectivity index (χ4v) is 2.47. The molecule has 1 aromatic carbocycles. The van der Waals surface area contributed by atoms with Gasteiger partial charge in [-0.3, -0.25) is 4.68 Å². The van der Waals surface area contributed by atoms with Crippen molar-refractivity contribution < 1.29 is 9.90 Å². The van der Waals surface area contributed by atoms with Gasteiger partial charge in [0.05, 0.1) is 11.3 Å². The molecule has 5 heteroatoms.